The first-order chi connectivity index (χ1) is 8.88. The molecule has 2 rings (SSSR count). The van der Waals surface area contributed by atoms with Gasteiger partial charge in [-0.1, -0.05) is 4.83 Å². The first-order valence-corrected chi connectivity index (χ1v) is 7.06. The number of benzene rings is 1. The van der Waals surface area contributed by atoms with E-state index in [1.165, 1.54) is 30.5 Å². The third kappa shape index (κ3) is 3.07. The highest BCUT2D eigenvalue weighted by atomic mass is 32.2. The van der Waals surface area contributed by atoms with Gasteiger partial charge in [-0.2, -0.15) is 0 Å². The molecule has 3 N–H and O–H groups in total. The Bertz CT molecular complexity index is 633. The van der Waals surface area contributed by atoms with Gasteiger partial charge in [0.2, 0.25) is 0 Å². The minimum Gasteiger partial charge on any atom is -0.399 e. The van der Waals surface area contributed by atoms with Crippen LogP contribution in [0.15, 0.2) is 52.8 Å². The van der Waals surface area contributed by atoms with Crippen molar-refractivity contribution in [3.63, 3.8) is 0 Å². The normalized spacial score (nSPS) is 15.6. The fourth-order valence-electron chi connectivity index (χ4n) is 1.40. The minimum atomic E-state index is -3.70. The molecule has 1 aliphatic rings. The smallest absolute Gasteiger partial charge is 0.260 e. The van der Waals surface area contributed by atoms with Crippen molar-refractivity contribution in [2.75, 3.05) is 5.73 Å². The lowest BCUT2D eigenvalue weighted by Gasteiger charge is -2.23. The molecule has 7 heteroatoms. The summed E-state index contributed by atoms with van der Waals surface area (Å²) in [7, 11) is -3.70. The van der Waals surface area contributed by atoms with Crippen molar-refractivity contribution in [3.05, 3.63) is 47.9 Å². The number of hydrazine groups is 1. The zero-order valence-electron chi connectivity index (χ0n) is 10.6. The van der Waals surface area contributed by atoms with Gasteiger partial charge in [0.1, 0.15) is 6.26 Å². The Balaban J connectivity index is 2.17. The Morgan fingerprint density at radius 3 is 2.37 bits per heavy atom. The van der Waals surface area contributed by atoms with Crippen LogP contribution in [0.2, 0.25) is 0 Å². The average Bonchev–Trinajstić information content (AvgIpc) is 2.34. The molecule has 1 aliphatic heterocycles. The van der Waals surface area contributed by atoms with Gasteiger partial charge >= 0.3 is 0 Å². The van der Waals surface area contributed by atoms with Crippen molar-refractivity contribution in [2.45, 2.75) is 18.7 Å². The molecule has 0 saturated carbocycles. The molecule has 1 aromatic rings. The van der Waals surface area contributed by atoms with Crippen molar-refractivity contribution in [1.29, 1.82) is 0 Å². The van der Waals surface area contributed by atoms with Gasteiger partial charge in [0, 0.05) is 5.69 Å². The molecular weight excluding hydrogens is 266 g/mol. The molecule has 0 fully saturated rings. The lowest BCUT2D eigenvalue weighted by atomic mass is 10.2. The molecule has 0 bridgehead atoms. The van der Waals surface area contributed by atoms with Gasteiger partial charge in [0.15, 0.2) is 0 Å². The lowest BCUT2D eigenvalue weighted by molar-refractivity contribution is -0.0828. The van der Waals surface area contributed by atoms with Crippen LogP contribution in [-0.2, 0) is 14.9 Å². The second-order valence-corrected chi connectivity index (χ2v) is 5.87. The standard InChI is InChI=1S/C12H15N3O3S/c1-9-7-15(18-8-10(9)2)14-19(16,17)12-5-3-11(13)4-6-12/h3-8,14H,13H2,1-2H3. The highest BCUT2D eigenvalue weighted by molar-refractivity contribution is 7.89. The molecular formula is C12H15N3O3S. The van der Waals surface area contributed by atoms with Gasteiger partial charge in [-0.15, -0.1) is 5.17 Å². The Kier molecular flexibility index (Phi) is 3.50. The second-order valence-electron chi connectivity index (χ2n) is 4.21. The summed E-state index contributed by atoms with van der Waals surface area (Å²) >= 11 is 0. The number of nitrogens with zero attached hydrogens (tertiary/aromatic N) is 1. The maximum atomic E-state index is 12.1. The van der Waals surface area contributed by atoms with E-state index in [9.17, 15) is 8.42 Å². The molecule has 0 saturated heterocycles. The fourth-order valence-corrected chi connectivity index (χ4v) is 2.34. The second kappa shape index (κ2) is 4.94. The monoisotopic (exact) mass is 281 g/mol. The summed E-state index contributed by atoms with van der Waals surface area (Å²) in [6.45, 7) is 3.73. The van der Waals surface area contributed by atoms with E-state index in [4.69, 9.17) is 10.6 Å². The predicted octanol–water partition coefficient (Wildman–Crippen LogP) is 1.52. The maximum Gasteiger partial charge on any atom is 0.260 e. The maximum absolute atomic E-state index is 12.1. The summed E-state index contributed by atoms with van der Waals surface area (Å²) in [4.78, 5) is 7.54. The third-order valence-electron chi connectivity index (χ3n) is 2.68. The van der Waals surface area contributed by atoms with Gasteiger partial charge < -0.3 is 10.6 Å². The number of sulfonamides is 1. The number of anilines is 1. The van der Waals surface area contributed by atoms with Crippen LogP contribution in [-0.4, -0.2) is 13.6 Å². The summed E-state index contributed by atoms with van der Waals surface area (Å²) in [6.07, 6.45) is 3.03. The molecule has 1 aromatic carbocycles. The van der Waals surface area contributed by atoms with Gasteiger partial charge in [-0.25, -0.2) is 8.42 Å². The number of nitrogen functional groups attached to an aromatic ring is 1. The number of nitrogens with one attached hydrogen (secondary N) is 1. The Morgan fingerprint density at radius 1 is 1.16 bits per heavy atom. The van der Waals surface area contributed by atoms with Crippen LogP contribution >= 0.6 is 0 Å². The zero-order chi connectivity index (χ0) is 14.0. The van der Waals surface area contributed by atoms with E-state index in [0.717, 1.165) is 16.3 Å². The Labute approximate surface area is 112 Å². The van der Waals surface area contributed by atoms with Crippen LogP contribution in [0.25, 0.3) is 0 Å². The average molecular weight is 281 g/mol. The van der Waals surface area contributed by atoms with Gasteiger partial charge in [0.25, 0.3) is 10.0 Å². The number of allylic oxidation sites excluding steroid dienone is 2. The molecule has 0 radical (unpaired) electrons. The predicted molar refractivity (Wildman–Crippen MR) is 71.6 cm³/mol. The summed E-state index contributed by atoms with van der Waals surface area (Å²) in [6, 6.07) is 5.91. The first-order valence-electron chi connectivity index (χ1n) is 5.58. The highest BCUT2D eigenvalue weighted by Gasteiger charge is 2.19. The topological polar surface area (TPSA) is 84.7 Å². The van der Waals surface area contributed by atoms with Crippen LogP contribution in [0.4, 0.5) is 5.69 Å². The number of rotatable bonds is 3. The van der Waals surface area contributed by atoms with E-state index < -0.39 is 10.0 Å². The molecule has 0 spiro atoms. The van der Waals surface area contributed by atoms with Crippen molar-refractivity contribution < 1.29 is 13.3 Å². The molecule has 102 valence electrons. The number of hydrogen-bond donors (Lipinski definition) is 2. The van der Waals surface area contributed by atoms with E-state index in [2.05, 4.69) is 4.83 Å². The molecule has 0 aromatic heterocycles. The lowest BCUT2D eigenvalue weighted by Crippen LogP contribution is -2.38. The van der Waals surface area contributed by atoms with Gasteiger partial charge in [0.05, 0.1) is 11.1 Å². The van der Waals surface area contributed by atoms with E-state index in [1.54, 1.807) is 6.20 Å². The molecule has 0 aliphatic carbocycles. The van der Waals surface area contributed by atoms with Crippen molar-refractivity contribution in [3.8, 4) is 0 Å². The van der Waals surface area contributed by atoms with Crippen molar-refractivity contribution in [1.82, 2.24) is 10.0 Å². The number of nitrogens with two attached hydrogens (primary N) is 1. The van der Waals surface area contributed by atoms with Gasteiger partial charge in [-0.3, -0.25) is 0 Å². The van der Waals surface area contributed by atoms with Crippen molar-refractivity contribution in [2.24, 2.45) is 0 Å². The molecule has 6 nitrogen and oxygen atoms in total. The van der Waals surface area contributed by atoms with Crippen LogP contribution < -0.4 is 10.6 Å². The molecule has 0 atom stereocenters. The van der Waals surface area contributed by atoms with Crippen LogP contribution in [0.1, 0.15) is 13.8 Å². The largest absolute Gasteiger partial charge is 0.399 e. The van der Waals surface area contributed by atoms with Crippen LogP contribution in [0.3, 0.4) is 0 Å². The summed E-state index contributed by atoms with van der Waals surface area (Å²) in [5.74, 6) is 0. The zero-order valence-corrected chi connectivity index (χ0v) is 11.4. The first kappa shape index (κ1) is 13.4. The molecule has 0 unspecified atom stereocenters. The summed E-state index contributed by atoms with van der Waals surface area (Å²) < 4.78 is 24.2. The van der Waals surface area contributed by atoms with Crippen molar-refractivity contribution >= 4 is 15.7 Å². The number of hydroxylamine groups is 1. The van der Waals surface area contributed by atoms with Crippen LogP contribution in [0.5, 0.6) is 0 Å². The molecule has 0 amide bonds. The van der Waals surface area contributed by atoms with E-state index in [0.29, 0.717) is 5.69 Å². The van der Waals surface area contributed by atoms with Crippen LogP contribution in [0, 0.1) is 0 Å². The molecule has 1 heterocycles. The van der Waals surface area contributed by atoms with E-state index in [1.807, 2.05) is 13.8 Å². The number of hydrogen-bond acceptors (Lipinski definition) is 5. The summed E-state index contributed by atoms with van der Waals surface area (Å²) in [5, 5.41) is 1.05. The Hall–Kier alpha value is -1.99. The SMILES string of the molecule is CC1=CON(NS(=O)(=O)c2ccc(N)cc2)C=C1C. The highest BCUT2D eigenvalue weighted by Crippen LogP contribution is 2.17. The summed E-state index contributed by atoms with van der Waals surface area (Å²) in [5.41, 5.74) is 7.86. The Morgan fingerprint density at radius 2 is 1.79 bits per heavy atom. The quantitative estimate of drug-likeness (QED) is 0.820. The third-order valence-corrected chi connectivity index (χ3v) is 3.99. The fraction of sp³-hybridized carbons (Fsp3) is 0.167. The van der Waals surface area contributed by atoms with Gasteiger partial charge in [-0.05, 0) is 49.3 Å². The van der Waals surface area contributed by atoms with E-state index >= 15 is 0 Å². The minimum absolute atomic E-state index is 0.114. The van der Waals surface area contributed by atoms with E-state index in [-0.39, 0.29) is 4.90 Å². The molecule has 19 heavy (non-hydrogen) atoms.